The van der Waals surface area contributed by atoms with Gasteiger partial charge in [-0.15, -0.1) is 0 Å². The van der Waals surface area contributed by atoms with Gasteiger partial charge in [-0.2, -0.15) is 4.31 Å². The number of nitrogens with zero attached hydrogens (tertiary/aromatic N) is 1. The molecule has 1 aliphatic heterocycles. The molecule has 1 heterocycles. The molecule has 2 aliphatic rings. The van der Waals surface area contributed by atoms with Crippen molar-refractivity contribution < 1.29 is 17.9 Å². The maximum atomic E-state index is 12.6. The summed E-state index contributed by atoms with van der Waals surface area (Å²) in [6, 6.07) is 6.81. The van der Waals surface area contributed by atoms with Gasteiger partial charge in [0, 0.05) is 32.1 Å². The molecule has 0 bridgehead atoms. The normalized spacial score (nSPS) is 24.5. The van der Waals surface area contributed by atoms with Gasteiger partial charge in [0.25, 0.3) is 0 Å². The topological polar surface area (TPSA) is 102 Å². The van der Waals surface area contributed by atoms with Crippen LogP contribution in [0.5, 0.6) is 0 Å². The number of amides is 1. The Morgan fingerprint density at radius 2 is 1.88 bits per heavy atom. The minimum Gasteiger partial charge on any atom is -0.379 e. The number of benzene rings is 1. The van der Waals surface area contributed by atoms with Crippen LogP contribution in [0.2, 0.25) is 0 Å². The molecule has 0 radical (unpaired) electrons. The smallest absolute Gasteiger partial charge is 0.243 e. The van der Waals surface area contributed by atoms with Crippen LogP contribution in [0.1, 0.15) is 31.2 Å². The molecule has 1 amide bonds. The second-order valence-electron chi connectivity index (χ2n) is 7.00. The van der Waals surface area contributed by atoms with Gasteiger partial charge in [-0.3, -0.25) is 4.79 Å². The molecule has 3 rings (SSSR count). The molecule has 1 aromatic carbocycles. The third-order valence-electron chi connectivity index (χ3n) is 5.19. The fourth-order valence-electron chi connectivity index (χ4n) is 3.55. The van der Waals surface area contributed by atoms with Crippen molar-refractivity contribution in [2.45, 2.75) is 43.2 Å². The van der Waals surface area contributed by atoms with Gasteiger partial charge in [0.15, 0.2) is 0 Å². The standard InChI is InChI=1S/C18H27N3O4S/c19-17-3-1-2-15(17)12-18(22)20-13-14-4-6-16(7-5-14)26(23,24)21-8-10-25-11-9-21/h4-7,15,17H,1-3,8-13,19H2,(H,20,22)/t15-,17+/m0/s1. The molecule has 8 heteroatoms. The highest BCUT2D eigenvalue weighted by molar-refractivity contribution is 7.89. The number of sulfonamides is 1. The SMILES string of the molecule is N[C@@H]1CCC[C@H]1CC(=O)NCc1ccc(S(=O)(=O)N2CCOCC2)cc1. The number of ether oxygens (including phenoxy) is 1. The first-order chi connectivity index (χ1) is 12.5. The zero-order valence-electron chi connectivity index (χ0n) is 14.9. The molecule has 26 heavy (non-hydrogen) atoms. The van der Waals surface area contributed by atoms with E-state index < -0.39 is 10.0 Å². The van der Waals surface area contributed by atoms with Crippen LogP contribution >= 0.6 is 0 Å². The molecule has 0 spiro atoms. The fraction of sp³-hybridized carbons (Fsp3) is 0.611. The van der Waals surface area contributed by atoms with Crippen LogP contribution in [0, 0.1) is 5.92 Å². The summed E-state index contributed by atoms with van der Waals surface area (Å²) < 4.78 is 31.8. The molecule has 2 atom stereocenters. The predicted octanol–water partition coefficient (Wildman–Crippen LogP) is 0.841. The Labute approximate surface area is 154 Å². The molecule has 0 unspecified atom stereocenters. The summed E-state index contributed by atoms with van der Waals surface area (Å²) in [5, 5.41) is 2.90. The first-order valence-electron chi connectivity index (χ1n) is 9.16. The lowest BCUT2D eigenvalue weighted by atomic mass is 10.00. The zero-order chi connectivity index (χ0) is 18.6. The van der Waals surface area contributed by atoms with Gasteiger partial charge >= 0.3 is 0 Å². The van der Waals surface area contributed by atoms with E-state index in [0.29, 0.717) is 39.3 Å². The van der Waals surface area contributed by atoms with E-state index in [0.717, 1.165) is 24.8 Å². The predicted molar refractivity (Wildman–Crippen MR) is 97.8 cm³/mol. The maximum Gasteiger partial charge on any atom is 0.243 e. The first-order valence-corrected chi connectivity index (χ1v) is 10.6. The van der Waals surface area contributed by atoms with E-state index in [9.17, 15) is 13.2 Å². The van der Waals surface area contributed by atoms with Crippen molar-refractivity contribution in [2.75, 3.05) is 26.3 Å². The molecule has 1 saturated carbocycles. The number of hydrogen-bond acceptors (Lipinski definition) is 5. The first kappa shape index (κ1) is 19.3. The fourth-order valence-corrected chi connectivity index (χ4v) is 4.95. The summed E-state index contributed by atoms with van der Waals surface area (Å²) in [4.78, 5) is 12.3. The van der Waals surface area contributed by atoms with E-state index in [-0.39, 0.29) is 22.8 Å². The van der Waals surface area contributed by atoms with Crippen molar-refractivity contribution >= 4 is 15.9 Å². The average Bonchev–Trinajstić information content (AvgIpc) is 3.06. The molecule has 7 nitrogen and oxygen atoms in total. The lowest BCUT2D eigenvalue weighted by Gasteiger charge is -2.26. The number of carbonyl (C=O) groups is 1. The molecule has 1 aliphatic carbocycles. The van der Waals surface area contributed by atoms with E-state index in [4.69, 9.17) is 10.5 Å². The van der Waals surface area contributed by atoms with E-state index in [2.05, 4.69) is 5.32 Å². The van der Waals surface area contributed by atoms with E-state index in [1.165, 1.54) is 4.31 Å². The van der Waals surface area contributed by atoms with Crippen molar-refractivity contribution in [1.29, 1.82) is 0 Å². The van der Waals surface area contributed by atoms with Crippen LogP contribution < -0.4 is 11.1 Å². The van der Waals surface area contributed by atoms with Crippen LogP contribution in [0.4, 0.5) is 0 Å². The zero-order valence-corrected chi connectivity index (χ0v) is 15.7. The number of carbonyl (C=O) groups excluding carboxylic acids is 1. The number of rotatable bonds is 6. The molecule has 2 fully saturated rings. The molecule has 1 aromatic rings. The summed E-state index contributed by atoms with van der Waals surface area (Å²) in [5.74, 6) is 0.272. The monoisotopic (exact) mass is 381 g/mol. The minimum absolute atomic E-state index is 0.00244. The molecule has 144 valence electrons. The van der Waals surface area contributed by atoms with Crippen LogP contribution in [0.3, 0.4) is 0 Å². The van der Waals surface area contributed by atoms with Gasteiger partial charge in [-0.05, 0) is 36.5 Å². The summed E-state index contributed by atoms with van der Waals surface area (Å²) in [7, 11) is -3.48. The third kappa shape index (κ3) is 4.62. The van der Waals surface area contributed by atoms with Crippen LogP contribution in [0.25, 0.3) is 0 Å². The van der Waals surface area contributed by atoms with E-state index in [1.807, 2.05) is 0 Å². The van der Waals surface area contributed by atoms with Crippen LogP contribution in [0.15, 0.2) is 29.2 Å². The Hall–Kier alpha value is -1.48. The van der Waals surface area contributed by atoms with Gasteiger partial charge in [0.05, 0.1) is 18.1 Å². The molecule has 3 N–H and O–H groups in total. The second kappa shape index (κ2) is 8.47. The number of nitrogens with two attached hydrogens (primary N) is 1. The summed E-state index contributed by atoms with van der Waals surface area (Å²) in [6.45, 7) is 1.99. The highest BCUT2D eigenvalue weighted by atomic mass is 32.2. The third-order valence-corrected chi connectivity index (χ3v) is 7.10. The Kier molecular flexibility index (Phi) is 6.29. The Bertz CT molecular complexity index is 714. The van der Waals surface area contributed by atoms with Crippen LogP contribution in [-0.2, 0) is 26.1 Å². The lowest BCUT2D eigenvalue weighted by Crippen LogP contribution is -2.40. The Morgan fingerprint density at radius 1 is 1.19 bits per heavy atom. The molecular weight excluding hydrogens is 354 g/mol. The second-order valence-corrected chi connectivity index (χ2v) is 8.93. The minimum atomic E-state index is -3.48. The summed E-state index contributed by atoms with van der Waals surface area (Å²) >= 11 is 0. The average molecular weight is 381 g/mol. The summed E-state index contributed by atoms with van der Waals surface area (Å²) in [6.07, 6.45) is 3.57. The van der Waals surface area contributed by atoms with Gasteiger partial charge in [-0.25, -0.2) is 8.42 Å². The maximum absolute atomic E-state index is 12.6. The van der Waals surface area contributed by atoms with E-state index in [1.54, 1.807) is 24.3 Å². The molecule has 0 aromatic heterocycles. The number of morpholine rings is 1. The van der Waals surface area contributed by atoms with Crippen molar-refractivity contribution in [1.82, 2.24) is 9.62 Å². The van der Waals surface area contributed by atoms with Crippen molar-refractivity contribution in [3.8, 4) is 0 Å². The highest BCUT2D eigenvalue weighted by Gasteiger charge is 2.27. The molecule has 1 saturated heterocycles. The van der Waals surface area contributed by atoms with Crippen molar-refractivity contribution in [3.63, 3.8) is 0 Å². The van der Waals surface area contributed by atoms with Gasteiger partial charge in [-0.1, -0.05) is 18.6 Å². The van der Waals surface area contributed by atoms with Crippen LogP contribution in [-0.4, -0.2) is 51.0 Å². The van der Waals surface area contributed by atoms with Gasteiger partial charge in [0.2, 0.25) is 15.9 Å². The number of nitrogens with one attached hydrogen (secondary N) is 1. The quantitative estimate of drug-likeness (QED) is 0.760. The lowest BCUT2D eigenvalue weighted by molar-refractivity contribution is -0.122. The van der Waals surface area contributed by atoms with Gasteiger partial charge < -0.3 is 15.8 Å². The Balaban J connectivity index is 1.53. The Morgan fingerprint density at radius 3 is 2.50 bits per heavy atom. The van der Waals surface area contributed by atoms with E-state index >= 15 is 0 Å². The van der Waals surface area contributed by atoms with Crippen molar-refractivity contribution in [3.05, 3.63) is 29.8 Å². The number of hydrogen-bond donors (Lipinski definition) is 2. The molecular formula is C18H27N3O4S. The van der Waals surface area contributed by atoms with Crippen molar-refractivity contribution in [2.24, 2.45) is 11.7 Å². The van der Waals surface area contributed by atoms with Gasteiger partial charge in [0.1, 0.15) is 0 Å². The largest absolute Gasteiger partial charge is 0.379 e. The highest BCUT2D eigenvalue weighted by Crippen LogP contribution is 2.26. The summed E-state index contributed by atoms with van der Waals surface area (Å²) in [5.41, 5.74) is 6.88.